The van der Waals surface area contributed by atoms with E-state index in [4.69, 9.17) is 4.74 Å². The average Bonchev–Trinajstić information content (AvgIpc) is 3.61. The normalized spacial score (nSPS) is 18.8. The third-order valence-electron chi connectivity index (χ3n) is 6.41. The molecule has 0 aliphatic carbocycles. The van der Waals surface area contributed by atoms with Gasteiger partial charge in [-0.2, -0.15) is 4.37 Å². The summed E-state index contributed by atoms with van der Waals surface area (Å²) in [4.78, 5) is 23.7. The van der Waals surface area contributed by atoms with Gasteiger partial charge in [0.2, 0.25) is 5.13 Å². The minimum absolute atomic E-state index is 0.133. The van der Waals surface area contributed by atoms with Crippen LogP contribution < -0.4 is 10.1 Å². The highest BCUT2D eigenvalue weighted by Crippen LogP contribution is 2.34. The average molecular weight is 585 g/mol. The number of carbonyl (C=O) groups is 1. The summed E-state index contributed by atoms with van der Waals surface area (Å²) >= 11 is 3.86. The molecule has 3 aromatic heterocycles. The van der Waals surface area contributed by atoms with Crippen LogP contribution in [-0.2, 0) is 7.05 Å². The fourth-order valence-corrected chi connectivity index (χ4v) is 6.39. The van der Waals surface area contributed by atoms with Crippen molar-refractivity contribution in [3.63, 3.8) is 0 Å². The van der Waals surface area contributed by atoms with Crippen LogP contribution in [0.2, 0.25) is 0 Å². The highest BCUT2D eigenvalue weighted by molar-refractivity contribution is 7.99. The molecule has 1 amide bonds. The van der Waals surface area contributed by atoms with E-state index in [-0.39, 0.29) is 22.3 Å². The molecule has 0 bridgehead atoms. The lowest BCUT2D eigenvalue weighted by Gasteiger charge is -2.42. The number of benzene rings is 1. The highest BCUT2D eigenvalue weighted by Gasteiger charge is 2.30. The van der Waals surface area contributed by atoms with Crippen molar-refractivity contribution in [1.82, 2.24) is 29.1 Å². The fourth-order valence-electron chi connectivity index (χ4n) is 4.18. The first-order valence-corrected chi connectivity index (χ1v) is 14.8. The molecule has 1 aromatic carbocycles. The number of nitrogens with zero attached hydrogens (tertiary/aromatic N) is 7. The summed E-state index contributed by atoms with van der Waals surface area (Å²) in [6.45, 7) is 5.28. The van der Waals surface area contributed by atoms with Crippen molar-refractivity contribution in [3.8, 4) is 5.75 Å². The van der Waals surface area contributed by atoms with Crippen molar-refractivity contribution in [2.45, 2.75) is 52.7 Å². The molecular formula is C25H28N8O3S3. The highest BCUT2D eigenvalue weighted by atomic mass is 32.2. The summed E-state index contributed by atoms with van der Waals surface area (Å²) in [5.74, 6) is 0.921. The van der Waals surface area contributed by atoms with Gasteiger partial charge in [0.15, 0.2) is 5.16 Å². The van der Waals surface area contributed by atoms with E-state index in [1.54, 1.807) is 17.8 Å². The number of anilines is 1. The molecular weight excluding hydrogens is 557 g/mol. The second-order valence-corrected chi connectivity index (χ2v) is 12.1. The van der Waals surface area contributed by atoms with Crippen molar-refractivity contribution in [2.75, 3.05) is 25.0 Å². The predicted octanol–water partition coefficient (Wildman–Crippen LogP) is 4.80. The zero-order valence-electron chi connectivity index (χ0n) is 21.7. The van der Waals surface area contributed by atoms with E-state index >= 15 is 0 Å². The summed E-state index contributed by atoms with van der Waals surface area (Å²) in [6.07, 6.45) is 3.56. The first-order chi connectivity index (χ1) is 18.8. The van der Waals surface area contributed by atoms with Crippen LogP contribution in [0.5, 0.6) is 5.75 Å². The zero-order valence-corrected chi connectivity index (χ0v) is 24.2. The van der Waals surface area contributed by atoms with E-state index < -0.39 is 0 Å². The number of nitrogens with one attached hydrogen (secondary N) is 1. The van der Waals surface area contributed by atoms with Crippen molar-refractivity contribution >= 4 is 46.1 Å². The summed E-state index contributed by atoms with van der Waals surface area (Å²) in [5, 5.41) is 25.3. The topological polar surface area (TPSA) is 131 Å². The molecule has 0 spiro atoms. The van der Waals surface area contributed by atoms with Gasteiger partial charge < -0.3 is 19.2 Å². The molecule has 1 aliphatic rings. The Bertz CT molecular complexity index is 1440. The molecule has 14 heteroatoms. The van der Waals surface area contributed by atoms with Crippen LogP contribution >= 0.6 is 35.1 Å². The Kier molecular flexibility index (Phi) is 8.47. The first kappa shape index (κ1) is 27.5. The Morgan fingerprint density at radius 2 is 2.05 bits per heavy atom. The summed E-state index contributed by atoms with van der Waals surface area (Å²) in [5.41, 5.74) is 0.268. The number of rotatable bonds is 10. The van der Waals surface area contributed by atoms with Crippen LogP contribution in [0.1, 0.15) is 36.1 Å². The van der Waals surface area contributed by atoms with Crippen LogP contribution in [-0.4, -0.2) is 65.4 Å². The van der Waals surface area contributed by atoms with Gasteiger partial charge in [-0.25, -0.2) is 9.97 Å². The van der Waals surface area contributed by atoms with E-state index in [0.717, 1.165) is 29.3 Å². The number of hydrogen-bond acceptors (Lipinski definition) is 11. The smallest absolute Gasteiger partial charge is 0.277 e. The Hall–Kier alpha value is -3.04. The van der Waals surface area contributed by atoms with Crippen LogP contribution in [0.4, 0.5) is 5.13 Å². The van der Waals surface area contributed by atoms with Gasteiger partial charge in [-0.1, -0.05) is 11.8 Å². The number of ether oxygens (including phenoxy) is 1. The van der Waals surface area contributed by atoms with Crippen molar-refractivity contribution in [2.24, 2.45) is 7.05 Å². The number of hydroxylamine groups is 3. The number of aromatic nitrogens is 6. The summed E-state index contributed by atoms with van der Waals surface area (Å²) in [6, 6.07) is 11.5. The van der Waals surface area contributed by atoms with Crippen LogP contribution in [0.3, 0.4) is 0 Å². The lowest BCUT2D eigenvalue weighted by Crippen LogP contribution is -2.47. The molecule has 39 heavy (non-hydrogen) atoms. The molecule has 0 radical (unpaired) electrons. The summed E-state index contributed by atoms with van der Waals surface area (Å²) in [7, 11) is 1.85. The second kappa shape index (κ2) is 12.0. The third-order valence-corrected chi connectivity index (χ3v) is 9.18. The number of hydrogen-bond donors (Lipinski definition) is 1. The molecule has 1 N–H and O–H groups in total. The number of aryl methyl sites for hydroxylation is 2. The molecule has 204 valence electrons. The van der Waals surface area contributed by atoms with E-state index in [0.29, 0.717) is 51.5 Å². The van der Waals surface area contributed by atoms with E-state index in [2.05, 4.69) is 29.9 Å². The Labute approximate surface area is 238 Å². The molecule has 2 atom stereocenters. The van der Waals surface area contributed by atoms with Gasteiger partial charge in [0, 0.05) is 41.2 Å². The van der Waals surface area contributed by atoms with Crippen molar-refractivity contribution in [1.29, 1.82) is 0 Å². The molecule has 5 rings (SSSR count). The Balaban J connectivity index is 1.29. The second-order valence-electron chi connectivity index (χ2n) is 9.24. The number of amides is 1. The van der Waals surface area contributed by atoms with Crippen molar-refractivity contribution < 1.29 is 14.2 Å². The number of quaternary nitrogens is 1. The zero-order chi connectivity index (χ0) is 27.4. The van der Waals surface area contributed by atoms with E-state index in [1.807, 2.05) is 50.4 Å². The molecule has 1 fully saturated rings. The minimum atomic E-state index is -0.375. The Morgan fingerprint density at radius 3 is 2.72 bits per heavy atom. The van der Waals surface area contributed by atoms with E-state index in [9.17, 15) is 10.0 Å². The maximum absolute atomic E-state index is 13.2. The lowest BCUT2D eigenvalue weighted by atomic mass is 10.2. The first-order valence-electron chi connectivity index (χ1n) is 12.4. The quantitative estimate of drug-likeness (QED) is 0.205. The van der Waals surface area contributed by atoms with Crippen LogP contribution in [0.25, 0.3) is 0 Å². The van der Waals surface area contributed by atoms with Gasteiger partial charge in [0.05, 0.1) is 12.6 Å². The van der Waals surface area contributed by atoms with Gasteiger partial charge in [0.1, 0.15) is 41.8 Å². The predicted molar refractivity (Wildman–Crippen MR) is 150 cm³/mol. The van der Waals surface area contributed by atoms with Gasteiger partial charge in [0.25, 0.3) is 5.91 Å². The SMILES string of the molecule is Cc1nsc(NC(=O)c2nc(Sc3nncn3C)ccc2Sc2ccc(OCC[N+]3([O-])CCC[C@H]3C)cc2)n1. The van der Waals surface area contributed by atoms with Crippen molar-refractivity contribution in [3.05, 3.63) is 59.5 Å². The maximum Gasteiger partial charge on any atom is 0.277 e. The maximum atomic E-state index is 13.2. The number of likely N-dealkylation sites (tertiary alicyclic amines) is 1. The largest absolute Gasteiger partial charge is 0.633 e. The standard InChI is InChI=1S/C25H28N8O3S3/c1-16-5-4-12-33(16,35)13-14-36-18-6-8-19(9-7-18)37-20-10-11-21(38-25-30-26-15-32(25)3)28-22(20)23(34)29-24-27-17(2)31-39-24/h6-11,15-16H,4-5,12-14H2,1-3H3,(H,27,29,31,34)/t16-,33?/m1/s1. The fraction of sp³-hybridized carbons (Fsp3) is 0.360. The van der Waals surface area contributed by atoms with Gasteiger partial charge in [-0.05, 0) is 62.0 Å². The van der Waals surface area contributed by atoms with Gasteiger partial charge >= 0.3 is 0 Å². The van der Waals surface area contributed by atoms with Crippen LogP contribution in [0, 0.1) is 12.1 Å². The molecule has 4 heterocycles. The third kappa shape index (κ3) is 6.76. The van der Waals surface area contributed by atoms with Gasteiger partial charge in [-0.15, -0.1) is 10.2 Å². The number of pyridine rings is 1. The van der Waals surface area contributed by atoms with Gasteiger partial charge in [-0.3, -0.25) is 10.1 Å². The van der Waals surface area contributed by atoms with E-state index in [1.165, 1.54) is 23.5 Å². The molecule has 0 saturated carbocycles. The number of carbonyl (C=O) groups excluding carboxylic acids is 1. The monoisotopic (exact) mass is 584 g/mol. The molecule has 1 aliphatic heterocycles. The molecule has 4 aromatic rings. The minimum Gasteiger partial charge on any atom is -0.633 e. The summed E-state index contributed by atoms with van der Waals surface area (Å²) < 4.78 is 11.6. The molecule has 1 unspecified atom stereocenters. The lowest BCUT2D eigenvalue weighted by molar-refractivity contribution is -0.890. The molecule has 1 saturated heterocycles. The Morgan fingerprint density at radius 1 is 1.23 bits per heavy atom. The van der Waals surface area contributed by atoms with Crippen LogP contribution in [0.15, 0.2) is 62.7 Å². The molecule has 11 nitrogen and oxygen atoms in total.